The van der Waals surface area contributed by atoms with Crippen molar-refractivity contribution < 1.29 is 18.0 Å². The van der Waals surface area contributed by atoms with Gasteiger partial charge in [0.05, 0.1) is 0 Å². The number of alkyl halides is 3. The fraction of sp³-hybridized carbons (Fsp3) is 0.200. The van der Waals surface area contributed by atoms with Gasteiger partial charge in [-0.3, -0.25) is 4.79 Å². The molecule has 1 N–H and O–H groups in total. The highest BCUT2D eigenvalue weighted by molar-refractivity contribution is 6.30. The van der Waals surface area contributed by atoms with Crippen molar-refractivity contribution in [3.63, 3.8) is 0 Å². The van der Waals surface area contributed by atoms with E-state index < -0.39 is 17.8 Å². The number of hydrogen-bond donors (Lipinski definition) is 1. The van der Waals surface area contributed by atoms with Gasteiger partial charge in [-0.25, -0.2) is 5.43 Å². The first-order valence-corrected chi connectivity index (χ1v) is 4.86. The van der Waals surface area contributed by atoms with E-state index >= 15 is 0 Å². The summed E-state index contributed by atoms with van der Waals surface area (Å²) in [6, 6.07) is 5.68. The zero-order valence-corrected chi connectivity index (χ0v) is 9.43. The Labute approximate surface area is 100 Å². The van der Waals surface area contributed by atoms with E-state index in [-0.39, 0.29) is 5.56 Å². The minimum absolute atomic E-state index is 0.174. The van der Waals surface area contributed by atoms with Gasteiger partial charge >= 0.3 is 6.18 Å². The molecule has 0 spiro atoms. The van der Waals surface area contributed by atoms with E-state index in [0.717, 1.165) is 6.92 Å². The summed E-state index contributed by atoms with van der Waals surface area (Å²) in [6.07, 6.45) is -4.55. The van der Waals surface area contributed by atoms with Crippen LogP contribution in [0.25, 0.3) is 0 Å². The maximum absolute atomic E-state index is 12.1. The Morgan fingerprint density at radius 3 is 2.29 bits per heavy atom. The summed E-state index contributed by atoms with van der Waals surface area (Å²) in [5.74, 6) is -0.731. The average Bonchev–Trinajstić information content (AvgIpc) is 2.25. The van der Waals surface area contributed by atoms with E-state index in [1.807, 2.05) is 5.43 Å². The maximum atomic E-state index is 12.1. The highest BCUT2D eigenvalue weighted by Gasteiger charge is 2.32. The molecule has 0 unspecified atom stereocenters. The topological polar surface area (TPSA) is 41.5 Å². The van der Waals surface area contributed by atoms with E-state index in [1.54, 1.807) is 0 Å². The molecule has 0 aromatic heterocycles. The third-order valence-corrected chi connectivity index (χ3v) is 2.09. The van der Waals surface area contributed by atoms with Crippen LogP contribution in [-0.4, -0.2) is 17.8 Å². The largest absolute Gasteiger partial charge is 0.430 e. The van der Waals surface area contributed by atoms with Crippen molar-refractivity contribution in [3.05, 3.63) is 34.9 Å². The molecule has 7 heteroatoms. The van der Waals surface area contributed by atoms with Crippen molar-refractivity contribution in [2.45, 2.75) is 13.1 Å². The second-order valence-electron chi connectivity index (χ2n) is 3.14. The van der Waals surface area contributed by atoms with Crippen LogP contribution in [0.1, 0.15) is 17.3 Å². The summed E-state index contributed by atoms with van der Waals surface area (Å²) in [6.45, 7) is 0.766. The fourth-order valence-electron chi connectivity index (χ4n) is 0.864. The molecule has 1 aromatic rings. The van der Waals surface area contributed by atoms with Gasteiger partial charge in [-0.15, -0.1) is 0 Å². The summed E-state index contributed by atoms with van der Waals surface area (Å²) >= 11 is 5.60. The van der Waals surface area contributed by atoms with Gasteiger partial charge in [0.1, 0.15) is 5.71 Å². The van der Waals surface area contributed by atoms with Crippen LogP contribution in [-0.2, 0) is 0 Å². The Bertz CT molecular complexity index is 440. The first-order chi connectivity index (χ1) is 7.80. The van der Waals surface area contributed by atoms with Crippen molar-refractivity contribution in [1.29, 1.82) is 0 Å². The smallest absolute Gasteiger partial charge is 0.267 e. The minimum atomic E-state index is -4.55. The third kappa shape index (κ3) is 4.07. The molecule has 0 heterocycles. The van der Waals surface area contributed by atoms with E-state index in [4.69, 9.17) is 11.6 Å². The first-order valence-electron chi connectivity index (χ1n) is 4.48. The summed E-state index contributed by atoms with van der Waals surface area (Å²) in [5.41, 5.74) is 0.860. The normalized spacial score (nSPS) is 12.4. The molecule has 1 aromatic carbocycles. The van der Waals surface area contributed by atoms with Crippen molar-refractivity contribution in [1.82, 2.24) is 5.43 Å². The van der Waals surface area contributed by atoms with Crippen molar-refractivity contribution in [3.8, 4) is 0 Å². The number of carbonyl (C=O) groups excluding carboxylic acids is 1. The van der Waals surface area contributed by atoms with Crippen LogP contribution < -0.4 is 5.43 Å². The lowest BCUT2D eigenvalue weighted by atomic mass is 10.2. The number of hydrazone groups is 1. The number of hydrogen-bond acceptors (Lipinski definition) is 2. The SMILES string of the molecule is CC(=NNC(=O)c1ccc(Cl)cc1)C(F)(F)F. The van der Waals surface area contributed by atoms with Crippen LogP contribution >= 0.6 is 11.6 Å². The lowest BCUT2D eigenvalue weighted by Crippen LogP contribution is -2.26. The molecule has 0 aliphatic carbocycles. The van der Waals surface area contributed by atoms with E-state index in [2.05, 4.69) is 5.10 Å². The second-order valence-corrected chi connectivity index (χ2v) is 3.58. The molecule has 0 aliphatic heterocycles. The van der Waals surface area contributed by atoms with Gasteiger partial charge in [0, 0.05) is 10.6 Å². The zero-order chi connectivity index (χ0) is 13.1. The van der Waals surface area contributed by atoms with Crippen molar-refractivity contribution >= 4 is 23.2 Å². The number of halogens is 4. The molecule has 1 rings (SSSR count). The monoisotopic (exact) mass is 264 g/mol. The number of benzene rings is 1. The van der Waals surface area contributed by atoms with Gasteiger partial charge in [-0.05, 0) is 31.2 Å². The highest BCUT2D eigenvalue weighted by atomic mass is 35.5. The van der Waals surface area contributed by atoms with Crippen LogP contribution in [0, 0.1) is 0 Å². The molecule has 17 heavy (non-hydrogen) atoms. The van der Waals surface area contributed by atoms with Gasteiger partial charge in [0.2, 0.25) is 0 Å². The van der Waals surface area contributed by atoms with Crippen LogP contribution in [0.3, 0.4) is 0 Å². The third-order valence-electron chi connectivity index (χ3n) is 1.84. The van der Waals surface area contributed by atoms with Gasteiger partial charge in [0.25, 0.3) is 5.91 Å². The molecule has 0 fully saturated rings. The van der Waals surface area contributed by atoms with Crippen LogP contribution in [0.5, 0.6) is 0 Å². The molecule has 0 bridgehead atoms. The average molecular weight is 265 g/mol. The molecule has 0 saturated carbocycles. The Hall–Kier alpha value is -1.56. The molecule has 3 nitrogen and oxygen atoms in total. The predicted molar refractivity (Wildman–Crippen MR) is 58.1 cm³/mol. The van der Waals surface area contributed by atoms with Gasteiger partial charge in [0.15, 0.2) is 0 Å². The van der Waals surface area contributed by atoms with Crippen LogP contribution in [0.4, 0.5) is 13.2 Å². The summed E-state index contributed by atoms with van der Waals surface area (Å²) in [5, 5.41) is 3.38. The minimum Gasteiger partial charge on any atom is -0.267 e. The van der Waals surface area contributed by atoms with E-state index in [1.165, 1.54) is 24.3 Å². The molecule has 0 radical (unpaired) electrons. The number of carbonyl (C=O) groups is 1. The van der Waals surface area contributed by atoms with E-state index in [9.17, 15) is 18.0 Å². The van der Waals surface area contributed by atoms with Gasteiger partial charge in [-0.2, -0.15) is 18.3 Å². The van der Waals surface area contributed by atoms with E-state index in [0.29, 0.717) is 5.02 Å². The lowest BCUT2D eigenvalue weighted by Gasteiger charge is -2.05. The Morgan fingerprint density at radius 1 is 1.29 bits per heavy atom. The van der Waals surface area contributed by atoms with Crippen LogP contribution in [0.15, 0.2) is 29.4 Å². The van der Waals surface area contributed by atoms with Crippen LogP contribution in [0.2, 0.25) is 5.02 Å². The number of nitrogens with one attached hydrogen (secondary N) is 1. The van der Waals surface area contributed by atoms with Gasteiger partial charge < -0.3 is 0 Å². The summed E-state index contributed by atoms with van der Waals surface area (Å²) < 4.78 is 36.2. The molecule has 92 valence electrons. The zero-order valence-electron chi connectivity index (χ0n) is 8.68. The van der Waals surface area contributed by atoms with Crippen molar-refractivity contribution in [2.24, 2.45) is 5.10 Å². The lowest BCUT2D eigenvalue weighted by molar-refractivity contribution is -0.0595. The van der Waals surface area contributed by atoms with Gasteiger partial charge in [-0.1, -0.05) is 11.6 Å². The molecule has 1 amide bonds. The standard InChI is InChI=1S/C10H8ClF3N2O/c1-6(10(12,13)14)15-16-9(17)7-2-4-8(11)5-3-7/h2-5H,1H3,(H,16,17). The number of nitrogens with zero attached hydrogens (tertiary/aromatic N) is 1. The first kappa shape index (κ1) is 13.5. The maximum Gasteiger partial charge on any atom is 0.430 e. The number of rotatable bonds is 2. The molecule has 0 atom stereocenters. The molecule has 0 saturated heterocycles. The second kappa shape index (κ2) is 5.18. The summed E-state index contributed by atoms with van der Waals surface area (Å²) in [4.78, 5) is 11.4. The number of amides is 1. The highest BCUT2D eigenvalue weighted by Crippen LogP contribution is 2.16. The predicted octanol–water partition coefficient (Wildman–Crippen LogP) is 3.01. The Morgan fingerprint density at radius 2 is 1.82 bits per heavy atom. The Kier molecular flexibility index (Phi) is 4.11. The molecular formula is C10H8ClF3N2O. The van der Waals surface area contributed by atoms with Crippen molar-refractivity contribution in [2.75, 3.05) is 0 Å². The summed E-state index contributed by atoms with van der Waals surface area (Å²) in [7, 11) is 0. The molecular weight excluding hydrogens is 257 g/mol. The molecule has 0 aliphatic rings. The fourth-order valence-corrected chi connectivity index (χ4v) is 0.990. The Balaban J connectivity index is 2.71. The quantitative estimate of drug-likeness (QED) is 0.647.